The third-order valence-corrected chi connectivity index (χ3v) is 5.35. The molecule has 1 aliphatic carbocycles. The Labute approximate surface area is 151 Å². The van der Waals surface area contributed by atoms with Gasteiger partial charge in [-0.15, -0.1) is 0 Å². The molecule has 1 unspecified atom stereocenters. The van der Waals surface area contributed by atoms with E-state index in [9.17, 15) is 13.6 Å². The van der Waals surface area contributed by atoms with Gasteiger partial charge in [-0.2, -0.15) is 5.10 Å². The Balaban J connectivity index is 1.66. The van der Waals surface area contributed by atoms with Crippen LogP contribution in [0, 0.1) is 17.6 Å². The Morgan fingerprint density at radius 1 is 1.31 bits per heavy atom. The van der Waals surface area contributed by atoms with Gasteiger partial charge in [0.15, 0.2) is 17.3 Å². The summed E-state index contributed by atoms with van der Waals surface area (Å²) in [6.45, 7) is 2.36. The molecular formula is C19H22F2N4O. The third-order valence-electron chi connectivity index (χ3n) is 5.35. The second-order valence-corrected chi connectivity index (χ2v) is 7.10. The molecule has 0 spiro atoms. The zero-order valence-corrected chi connectivity index (χ0v) is 14.8. The summed E-state index contributed by atoms with van der Waals surface area (Å²) in [7, 11) is 1.92. The Hall–Kier alpha value is -2.28. The van der Waals surface area contributed by atoms with Crippen molar-refractivity contribution in [3.05, 3.63) is 46.8 Å². The lowest BCUT2D eigenvalue weighted by Gasteiger charge is -2.15. The molecule has 2 heterocycles. The summed E-state index contributed by atoms with van der Waals surface area (Å²) in [5.74, 6) is -1.39. The van der Waals surface area contributed by atoms with Gasteiger partial charge in [-0.25, -0.2) is 13.5 Å². The van der Waals surface area contributed by atoms with E-state index in [2.05, 4.69) is 10.4 Å². The molecule has 1 fully saturated rings. The van der Waals surface area contributed by atoms with Crippen LogP contribution in [0.1, 0.15) is 34.6 Å². The maximum atomic E-state index is 13.6. The van der Waals surface area contributed by atoms with Crippen LogP contribution >= 0.6 is 0 Å². The topological polar surface area (TPSA) is 50.2 Å². The van der Waals surface area contributed by atoms with Gasteiger partial charge in [0.05, 0.1) is 5.69 Å². The fourth-order valence-corrected chi connectivity index (χ4v) is 4.06. The van der Waals surface area contributed by atoms with E-state index in [1.165, 1.54) is 6.07 Å². The molecule has 0 radical (unpaired) electrons. The van der Waals surface area contributed by atoms with Crippen molar-refractivity contribution < 1.29 is 13.6 Å². The number of aromatic nitrogens is 2. The van der Waals surface area contributed by atoms with Crippen LogP contribution in [-0.4, -0.2) is 47.3 Å². The van der Waals surface area contributed by atoms with Crippen molar-refractivity contribution in [2.45, 2.75) is 25.7 Å². The zero-order valence-electron chi connectivity index (χ0n) is 14.8. The molecule has 0 saturated carbocycles. The second kappa shape index (κ2) is 6.79. The van der Waals surface area contributed by atoms with Crippen molar-refractivity contribution in [1.29, 1.82) is 0 Å². The highest BCUT2D eigenvalue weighted by Gasteiger charge is 2.33. The van der Waals surface area contributed by atoms with E-state index in [4.69, 9.17) is 0 Å². The van der Waals surface area contributed by atoms with Gasteiger partial charge in [-0.05, 0) is 57.3 Å². The fraction of sp³-hybridized carbons (Fsp3) is 0.474. The lowest BCUT2D eigenvalue weighted by Crippen LogP contribution is -2.31. The molecule has 2 aliphatic rings. The van der Waals surface area contributed by atoms with Crippen molar-refractivity contribution >= 4 is 5.91 Å². The maximum absolute atomic E-state index is 13.6. The summed E-state index contributed by atoms with van der Waals surface area (Å²) in [5, 5.41) is 7.67. The molecule has 138 valence electrons. The molecule has 0 bridgehead atoms. The molecule has 5 nitrogen and oxygen atoms in total. The average Bonchev–Trinajstić information content (AvgIpc) is 3.33. The number of likely N-dealkylation sites (tertiary alicyclic amines) is 1. The first kappa shape index (κ1) is 17.1. The summed E-state index contributed by atoms with van der Waals surface area (Å²) >= 11 is 0. The van der Waals surface area contributed by atoms with Crippen molar-refractivity contribution in [2.75, 3.05) is 26.7 Å². The summed E-state index contributed by atoms with van der Waals surface area (Å²) in [5.41, 5.74) is 2.81. The first-order valence-corrected chi connectivity index (χ1v) is 9.08. The number of fused-ring (bicyclic) bond motifs is 1. The van der Waals surface area contributed by atoms with Crippen molar-refractivity contribution in [3.8, 4) is 5.69 Å². The number of nitrogens with zero attached hydrogens (tertiary/aromatic N) is 3. The van der Waals surface area contributed by atoms with Crippen LogP contribution in [0.15, 0.2) is 18.2 Å². The van der Waals surface area contributed by atoms with Gasteiger partial charge in [-0.3, -0.25) is 4.79 Å². The van der Waals surface area contributed by atoms with Gasteiger partial charge in [-0.1, -0.05) is 0 Å². The third kappa shape index (κ3) is 2.90. The Kier molecular flexibility index (Phi) is 4.48. The smallest absolute Gasteiger partial charge is 0.274 e. The van der Waals surface area contributed by atoms with Crippen LogP contribution in [0.4, 0.5) is 8.78 Å². The number of hydrogen-bond donors (Lipinski definition) is 1. The first-order valence-electron chi connectivity index (χ1n) is 9.08. The number of rotatable bonds is 4. The van der Waals surface area contributed by atoms with E-state index >= 15 is 0 Å². The second-order valence-electron chi connectivity index (χ2n) is 7.10. The van der Waals surface area contributed by atoms with E-state index in [-0.39, 0.29) is 5.91 Å². The van der Waals surface area contributed by atoms with Crippen LogP contribution in [0.3, 0.4) is 0 Å². The molecule has 1 aliphatic heterocycles. The van der Waals surface area contributed by atoms with Crippen LogP contribution in [0.25, 0.3) is 5.69 Å². The normalized spacial score (nSPS) is 19.2. The number of nitrogens with one attached hydrogen (secondary N) is 1. The van der Waals surface area contributed by atoms with E-state index in [1.54, 1.807) is 4.68 Å². The average molecular weight is 360 g/mol. The van der Waals surface area contributed by atoms with E-state index in [0.29, 0.717) is 17.3 Å². The Morgan fingerprint density at radius 3 is 2.92 bits per heavy atom. The van der Waals surface area contributed by atoms with Crippen LogP contribution < -0.4 is 5.32 Å². The molecule has 1 N–H and O–H groups in total. The monoisotopic (exact) mass is 360 g/mol. The molecule has 2 aromatic rings. The number of amides is 1. The number of halogens is 2. The molecule has 1 aromatic heterocycles. The molecule has 1 amide bonds. The highest BCUT2D eigenvalue weighted by Crippen LogP contribution is 2.30. The predicted octanol–water partition coefficient (Wildman–Crippen LogP) is 2.32. The molecule has 1 saturated heterocycles. The Morgan fingerprint density at radius 2 is 2.15 bits per heavy atom. The molecule has 1 aromatic carbocycles. The summed E-state index contributed by atoms with van der Waals surface area (Å²) in [6, 6.07) is 3.73. The SMILES string of the molecule is CNCC1CCN(C(=O)c2nn(-c3ccc(F)c(F)c3)c3c2CCC3)C1. The highest BCUT2D eigenvalue weighted by atomic mass is 19.2. The van der Waals surface area contributed by atoms with Gasteiger partial charge < -0.3 is 10.2 Å². The molecule has 4 rings (SSSR count). The van der Waals surface area contributed by atoms with Crippen molar-refractivity contribution in [1.82, 2.24) is 20.0 Å². The lowest BCUT2D eigenvalue weighted by atomic mass is 10.1. The number of carbonyl (C=O) groups excluding carboxylic acids is 1. The molecule has 7 heteroatoms. The predicted molar refractivity (Wildman–Crippen MR) is 93.4 cm³/mol. The standard InChI is InChI=1S/C19H22F2N4O/c1-22-10-12-7-8-24(11-12)19(26)18-14-3-2-4-17(14)25(23-18)13-5-6-15(20)16(21)9-13/h5-6,9,12,22H,2-4,7-8,10-11H2,1H3. The van der Waals surface area contributed by atoms with Crippen LogP contribution in [0.2, 0.25) is 0 Å². The van der Waals surface area contributed by atoms with Gasteiger partial charge in [0.1, 0.15) is 0 Å². The summed E-state index contributed by atoms with van der Waals surface area (Å²) < 4.78 is 28.5. The quantitative estimate of drug-likeness (QED) is 0.910. The molecule has 1 atom stereocenters. The van der Waals surface area contributed by atoms with Gasteiger partial charge in [0.25, 0.3) is 5.91 Å². The highest BCUT2D eigenvalue weighted by molar-refractivity contribution is 5.94. The van der Waals surface area contributed by atoms with Gasteiger partial charge in [0, 0.05) is 30.4 Å². The Bertz CT molecular complexity index is 848. The minimum Gasteiger partial charge on any atom is -0.337 e. The van der Waals surface area contributed by atoms with Crippen LogP contribution in [-0.2, 0) is 12.8 Å². The summed E-state index contributed by atoms with van der Waals surface area (Å²) in [6.07, 6.45) is 3.52. The van der Waals surface area contributed by atoms with E-state index < -0.39 is 11.6 Å². The van der Waals surface area contributed by atoms with Crippen molar-refractivity contribution in [2.24, 2.45) is 5.92 Å². The number of hydrogen-bond acceptors (Lipinski definition) is 3. The van der Waals surface area contributed by atoms with Crippen LogP contribution in [0.5, 0.6) is 0 Å². The number of carbonyl (C=O) groups is 1. The minimum atomic E-state index is -0.910. The zero-order chi connectivity index (χ0) is 18.3. The largest absolute Gasteiger partial charge is 0.337 e. The van der Waals surface area contributed by atoms with Gasteiger partial charge >= 0.3 is 0 Å². The molecule has 26 heavy (non-hydrogen) atoms. The summed E-state index contributed by atoms with van der Waals surface area (Å²) in [4.78, 5) is 14.9. The minimum absolute atomic E-state index is 0.0527. The van der Waals surface area contributed by atoms with Crippen molar-refractivity contribution in [3.63, 3.8) is 0 Å². The van der Waals surface area contributed by atoms with Gasteiger partial charge in [0.2, 0.25) is 0 Å². The van der Waals surface area contributed by atoms with E-state index in [0.717, 1.165) is 68.7 Å². The maximum Gasteiger partial charge on any atom is 0.274 e. The van der Waals surface area contributed by atoms with E-state index in [1.807, 2.05) is 11.9 Å². The fourth-order valence-electron chi connectivity index (χ4n) is 4.06. The molecular weight excluding hydrogens is 338 g/mol. The number of benzene rings is 1. The lowest BCUT2D eigenvalue weighted by molar-refractivity contribution is 0.0780. The first-order chi connectivity index (χ1) is 12.6.